The van der Waals surface area contributed by atoms with Crippen LogP contribution in [0.4, 0.5) is 0 Å². The second kappa shape index (κ2) is 6.19. The Kier molecular flexibility index (Phi) is 4.24. The lowest BCUT2D eigenvalue weighted by molar-refractivity contribution is -0.132. The van der Waals surface area contributed by atoms with Crippen LogP contribution >= 0.6 is 0 Å². The molecule has 0 saturated carbocycles. The molecule has 4 heteroatoms. The number of carbonyl (C=O) groups is 1. The quantitative estimate of drug-likeness (QED) is 0.807. The molecule has 0 spiro atoms. The number of aromatic nitrogens is 2. The molecule has 1 atom stereocenters. The zero-order valence-electron chi connectivity index (χ0n) is 14.3. The van der Waals surface area contributed by atoms with E-state index in [0.29, 0.717) is 5.88 Å². The first-order valence-corrected chi connectivity index (χ1v) is 8.33. The molecule has 0 fully saturated rings. The van der Waals surface area contributed by atoms with Crippen molar-refractivity contribution in [3.8, 4) is 5.88 Å². The van der Waals surface area contributed by atoms with Gasteiger partial charge in [0.1, 0.15) is 0 Å². The number of rotatable bonds is 3. The summed E-state index contributed by atoms with van der Waals surface area (Å²) in [6.07, 6.45) is 4.89. The minimum atomic E-state index is -0.313. The van der Waals surface area contributed by atoms with Gasteiger partial charge in [0.15, 0.2) is 0 Å². The van der Waals surface area contributed by atoms with Crippen LogP contribution < -0.4 is 4.74 Å². The lowest BCUT2D eigenvalue weighted by Gasteiger charge is -2.20. The van der Waals surface area contributed by atoms with Crippen LogP contribution in [0.3, 0.4) is 0 Å². The van der Waals surface area contributed by atoms with Crippen LogP contribution in [0.15, 0.2) is 18.2 Å². The standard InChI is InChI=1S/C19H24N2O2/c1-12-13(2)20-21(19(12)23-15(4)22)14(3)17-10-9-16-7-5-6-8-18(16)11-17/h9-11,14H,5-8H2,1-4H3. The van der Waals surface area contributed by atoms with E-state index in [2.05, 4.69) is 30.2 Å². The van der Waals surface area contributed by atoms with Gasteiger partial charge >= 0.3 is 5.97 Å². The summed E-state index contributed by atoms with van der Waals surface area (Å²) in [5.74, 6) is 0.243. The highest BCUT2D eigenvalue weighted by Crippen LogP contribution is 2.31. The zero-order valence-corrected chi connectivity index (χ0v) is 14.3. The molecule has 2 aromatic rings. The van der Waals surface area contributed by atoms with Crippen molar-refractivity contribution in [2.75, 3.05) is 0 Å². The smallest absolute Gasteiger partial charge is 0.309 e. The lowest BCUT2D eigenvalue weighted by Crippen LogP contribution is -2.14. The van der Waals surface area contributed by atoms with Gasteiger partial charge in [-0.15, -0.1) is 0 Å². The number of hydrogen-bond acceptors (Lipinski definition) is 3. The van der Waals surface area contributed by atoms with Crippen LogP contribution in [0.1, 0.15) is 60.7 Å². The lowest BCUT2D eigenvalue weighted by atomic mass is 9.89. The number of aryl methyl sites for hydroxylation is 3. The molecule has 1 unspecified atom stereocenters. The number of carbonyl (C=O) groups excluding carboxylic acids is 1. The van der Waals surface area contributed by atoms with Gasteiger partial charge in [-0.2, -0.15) is 5.10 Å². The monoisotopic (exact) mass is 312 g/mol. The van der Waals surface area contributed by atoms with Gasteiger partial charge in [0.2, 0.25) is 5.88 Å². The van der Waals surface area contributed by atoms with Crippen molar-refractivity contribution in [3.05, 3.63) is 46.1 Å². The Labute approximate surface area is 137 Å². The summed E-state index contributed by atoms with van der Waals surface area (Å²) in [6, 6.07) is 6.75. The van der Waals surface area contributed by atoms with Crippen molar-refractivity contribution in [1.82, 2.24) is 9.78 Å². The number of benzene rings is 1. The summed E-state index contributed by atoms with van der Waals surface area (Å²) >= 11 is 0. The predicted molar refractivity (Wildman–Crippen MR) is 89.9 cm³/mol. The summed E-state index contributed by atoms with van der Waals surface area (Å²) in [7, 11) is 0. The van der Waals surface area contributed by atoms with E-state index in [9.17, 15) is 4.79 Å². The van der Waals surface area contributed by atoms with E-state index >= 15 is 0 Å². The molecule has 1 aliphatic rings. The van der Waals surface area contributed by atoms with Crippen LogP contribution in [-0.4, -0.2) is 15.7 Å². The minimum absolute atomic E-state index is 0.0315. The third-order valence-electron chi connectivity index (χ3n) is 4.79. The van der Waals surface area contributed by atoms with E-state index in [1.54, 1.807) is 0 Å². The molecular weight excluding hydrogens is 288 g/mol. The molecule has 3 rings (SSSR count). The highest BCUT2D eigenvalue weighted by atomic mass is 16.5. The summed E-state index contributed by atoms with van der Waals surface area (Å²) < 4.78 is 7.24. The normalized spacial score (nSPS) is 15.1. The first-order chi connectivity index (χ1) is 11.0. The van der Waals surface area contributed by atoms with Gasteiger partial charge in [0, 0.05) is 12.5 Å². The molecule has 0 aliphatic heterocycles. The first kappa shape index (κ1) is 15.8. The van der Waals surface area contributed by atoms with Gasteiger partial charge < -0.3 is 4.74 Å². The van der Waals surface area contributed by atoms with Crippen LogP contribution in [0.5, 0.6) is 5.88 Å². The Morgan fingerprint density at radius 1 is 1.22 bits per heavy atom. The van der Waals surface area contributed by atoms with Crippen molar-refractivity contribution in [2.24, 2.45) is 0 Å². The first-order valence-electron chi connectivity index (χ1n) is 8.33. The van der Waals surface area contributed by atoms with Crippen LogP contribution in [0, 0.1) is 13.8 Å². The Bertz CT molecular complexity index is 746. The molecule has 4 nitrogen and oxygen atoms in total. The number of fused-ring (bicyclic) bond motifs is 1. The number of ether oxygens (including phenoxy) is 1. The average molecular weight is 312 g/mol. The fourth-order valence-electron chi connectivity index (χ4n) is 3.28. The minimum Gasteiger partial charge on any atom is -0.408 e. The van der Waals surface area contributed by atoms with Gasteiger partial charge in [-0.05, 0) is 63.1 Å². The van der Waals surface area contributed by atoms with E-state index in [0.717, 1.165) is 17.7 Å². The van der Waals surface area contributed by atoms with Crippen LogP contribution in [0.25, 0.3) is 0 Å². The third-order valence-corrected chi connectivity index (χ3v) is 4.79. The van der Waals surface area contributed by atoms with Crippen LogP contribution in [0.2, 0.25) is 0 Å². The predicted octanol–water partition coefficient (Wildman–Crippen LogP) is 3.91. The summed E-state index contributed by atoms with van der Waals surface area (Å²) in [5, 5.41) is 4.59. The van der Waals surface area contributed by atoms with Crippen molar-refractivity contribution in [3.63, 3.8) is 0 Å². The van der Waals surface area contributed by atoms with Gasteiger partial charge in [-0.1, -0.05) is 18.2 Å². The molecule has 122 valence electrons. The average Bonchev–Trinajstić information content (AvgIpc) is 2.81. The Morgan fingerprint density at radius 2 is 1.91 bits per heavy atom. The molecule has 0 saturated heterocycles. The van der Waals surface area contributed by atoms with E-state index in [4.69, 9.17) is 4.74 Å². The Balaban J connectivity index is 1.98. The highest BCUT2D eigenvalue weighted by molar-refractivity contribution is 5.69. The van der Waals surface area contributed by atoms with Crippen LogP contribution in [-0.2, 0) is 17.6 Å². The second-order valence-electron chi connectivity index (χ2n) is 6.47. The van der Waals surface area contributed by atoms with E-state index in [1.807, 2.05) is 18.5 Å². The highest BCUT2D eigenvalue weighted by Gasteiger charge is 2.21. The number of esters is 1. The molecule has 0 N–H and O–H groups in total. The fraction of sp³-hybridized carbons (Fsp3) is 0.474. The maximum atomic E-state index is 11.4. The van der Waals surface area contributed by atoms with E-state index in [1.165, 1.54) is 42.9 Å². The maximum absolute atomic E-state index is 11.4. The molecular formula is C19H24N2O2. The Morgan fingerprint density at radius 3 is 2.61 bits per heavy atom. The Hall–Kier alpha value is -2.10. The molecule has 1 aromatic carbocycles. The maximum Gasteiger partial charge on any atom is 0.309 e. The number of nitrogens with zero attached hydrogens (tertiary/aromatic N) is 2. The second-order valence-corrected chi connectivity index (χ2v) is 6.47. The summed E-state index contributed by atoms with van der Waals surface area (Å²) in [4.78, 5) is 11.4. The SMILES string of the molecule is CC(=O)Oc1c(C)c(C)nn1C(C)c1ccc2c(c1)CCCC2. The van der Waals surface area contributed by atoms with Gasteiger partial charge in [-0.25, -0.2) is 4.68 Å². The summed E-state index contributed by atoms with van der Waals surface area (Å²) in [5.41, 5.74) is 5.95. The van der Waals surface area contributed by atoms with Crippen molar-refractivity contribution in [1.29, 1.82) is 0 Å². The van der Waals surface area contributed by atoms with E-state index in [-0.39, 0.29) is 12.0 Å². The largest absolute Gasteiger partial charge is 0.408 e. The zero-order chi connectivity index (χ0) is 16.6. The molecule has 1 aliphatic carbocycles. The molecule has 0 radical (unpaired) electrons. The van der Waals surface area contributed by atoms with Gasteiger partial charge in [0.25, 0.3) is 0 Å². The van der Waals surface area contributed by atoms with E-state index < -0.39 is 0 Å². The molecule has 23 heavy (non-hydrogen) atoms. The topological polar surface area (TPSA) is 44.1 Å². The van der Waals surface area contributed by atoms with Gasteiger partial charge in [0.05, 0.1) is 11.7 Å². The summed E-state index contributed by atoms with van der Waals surface area (Å²) in [6.45, 7) is 7.41. The van der Waals surface area contributed by atoms with Crippen molar-refractivity contribution in [2.45, 2.75) is 59.4 Å². The molecule has 1 heterocycles. The number of hydrogen-bond donors (Lipinski definition) is 0. The van der Waals surface area contributed by atoms with Gasteiger partial charge in [-0.3, -0.25) is 4.79 Å². The van der Waals surface area contributed by atoms with Crippen molar-refractivity contribution >= 4 is 5.97 Å². The molecule has 0 bridgehead atoms. The fourth-order valence-corrected chi connectivity index (χ4v) is 3.28. The van der Waals surface area contributed by atoms with Crippen molar-refractivity contribution < 1.29 is 9.53 Å². The molecule has 0 amide bonds. The third kappa shape index (κ3) is 3.03. The molecule has 1 aromatic heterocycles.